The largest absolute Gasteiger partial charge is 0.331 e. The highest BCUT2D eigenvalue weighted by atomic mass is 35.5. The Morgan fingerprint density at radius 1 is 1.44 bits per heavy atom. The molecule has 0 aliphatic heterocycles. The summed E-state index contributed by atoms with van der Waals surface area (Å²) in [5.74, 6) is 0.705. The Kier molecular flexibility index (Phi) is 2.79. The number of benzene rings is 1. The Bertz CT molecular complexity index is 649. The van der Waals surface area contributed by atoms with Crippen molar-refractivity contribution in [1.29, 1.82) is 0 Å². The van der Waals surface area contributed by atoms with Gasteiger partial charge in [-0.1, -0.05) is 25.4 Å². The predicted molar refractivity (Wildman–Crippen MR) is 78.6 cm³/mol. The minimum absolute atomic E-state index is 0.451. The molecule has 1 aliphatic rings. The molecule has 1 N–H and O–H groups in total. The lowest BCUT2D eigenvalue weighted by Crippen LogP contribution is -2.17. The van der Waals surface area contributed by atoms with Crippen LogP contribution in [0.25, 0.3) is 11.0 Å². The van der Waals surface area contributed by atoms with E-state index in [0.717, 1.165) is 27.4 Å². The number of nitrogens with zero attached hydrogens (tertiary/aromatic N) is 1. The molecule has 0 atom stereocenters. The lowest BCUT2D eigenvalue weighted by atomic mass is 9.92. The van der Waals surface area contributed by atoms with Crippen LogP contribution in [0, 0.1) is 16.1 Å². The van der Waals surface area contributed by atoms with Gasteiger partial charge in [0.05, 0.1) is 11.0 Å². The van der Waals surface area contributed by atoms with Crippen molar-refractivity contribution in [2.45, 2.75) is 33.2 Å². The maximum atomic E-state index is 6.01. The minimum atomic E-state index is 0.451. The predicted octanol–water partition coefficient (Wildman–Crippen LogP) is 4.79. The van der Waals surface area contributed by atoms with Crippen LogP contribution in [0.4, 0.5) is 0 Å². The van der Waals surface area contributed by atoms with Gasteiger partial charge >= 0.3 is 0 Å². The number of halogens is 1. The molecule has 1 aliphatic carbocycles. The van der Waals surface area contributed by atoms with E-state index in [-0.39, 0.29) is 0 Å². The normalized spacial score (nSPS) is 17.6. The fourth-order valence-electron chi connectivity index (χ4n) is 2.69. The molecule has 0 unspecified atom stereocenters. The molecular weight excluding hydrogens is 264 g/mol. The van der Waals surface area contributed by atoms with Crippen molar-refractivity contribution >= 4 is 34.9 Å². The molecule has 0 radical (unpaired) electrons. The smallest absolute Gasteiger partial charge is 0.178 e. The lowest BCUT2D eigenvalue weighted by Gasteiger charge is -2.20. The topological polar surface area (TPSA) is 20.7 Å². The summed E-state index contributed by atoms with van der Waals surface area (Å²) >= 11 is 11.5. The van der Waals surface area contributed by atoms with Crippen LogP contribution >= 0.6 is 23.8 Å². The second-order valence-corrected chi connectivity index (χ2v) is 6.52. The third-order valence-corrected chi connectivity index (χ3v) is 4.88. The first-order valence-electron chi connectivity index (χ1n) is 6.40. The first kappa shape index (κ1) is 12.2. The molecule has 1 aromatic carbocycles. The number of imidazole rings is 1. The van der Waals surface area contributed by atoms with Gasteiger partial charge in [0, 0.05) is 11.6 Å². The molecule has 2 nitrogen and oxygen atoms in total. The SMILES string of the molecule is CC(C)C1(Cn2c(=S)[nH]c3cc(Cl)ccc32)CC1. The zero-order valence-corrected chi connectivity index (χ0v) is 12.2. The monoisotopic (exact) mass is 280 g/mol. The van der Waals surface area contributed by atoms with Gasteiger partial charge in [-0.05, 0) is 54.6 Å². The second-order valence-electron chi connectivity index (χ2n) is 5.69. The summed E-state index contributed by atoms with van der Waals surface area (Å²) in [6.45, 7) is 5.63. The van der Waals surface area contributed by atoms with Crippen LogP contribution in [0.3, 0.4) is 0 Å². The minimum Gasteiger partial charge on any atom is -0.331 e. The molecule has 1 aromatic heterocycles. The van der Waals surface area contributed by atoms with Gasteiger partial charge < -0.3 is 9.55 Å². The van der Waals surface area contributed by atoms with Crippen molar-refractivity contribution in [2.75, 3.05) is 0 Å². The number of aromatic amines is 1. The number of nitrogens with one attached hydrogen (secondary N) is 1. The van der Waals surface area contributed by atoms with E-state index in [1.807, 2.05) is 12.1 Å². The van der Waals surface area contributed by atoms with E-state index >= 15 is 0 Å². The maximum Gasteiger partial charge on any atom is 0.178 e. The fraction of sp³-hybridized carbons (Fsp3) is 0.500. The first-order chi connectivity index (χ1) is 8.52. The number of fused-ring (bicyclic) bond motifs is 1. The summed E-state index contributed by atoms with van der Waals surface area (Å²) in [4.78, 5) is 3.25. The number of H-pyrrole nitrogens is 1. The van der Waals surface area contributed by atoms with E-state index in [1.54, 1.807) is 0 Å². The average Bonchev–Trinajstić information content (AvgIpc) is 3.02. The summed E-state index contributed by atoms with van der Waals surface area (Å²) in [5, 5.41) is 0.746. The van der Waals surface area contributed by atoms with Crippen LogP contribution < -0.4 is 0 Å². The molecule has 1 fully saturated rings. The summed E-state index contributed by atoms with van der Waals surface area (Å²) in [6.07, 6.45) is 2.62. The molecule has 0 spiro atoms. The lowest BCUT2D eigenvalue weighted by molar-refractivity contribution is 0.311. The summed E-state index contributed by atoms with van der Waals surface area (Å²) in [5.41, 5.74) is 2.65. The molecule has 0 bridgehead atoms. The molecule has 1 heterocycles. The second kappa shape index (κ2) is 4.10. The van der Waals surface area contributed by atoms with E-state index in [9.17, 15) is 0 Å². The first-order valence-corrected chi connectivity index (χ1v) is 7.18. The molecule has 0 amide bonds. The van der Waals surface area contributed by atoms with Gasteiger partial charge in [-0.25, -0.2) is 0 Å². The summed E-state index contributed by atoms with van der Waals surface area (Å²) < 4.78 is 3.03. The van der Waals surface area contributed by atoms with Crippen LogP contribution in [-0.2, 0) is 6.54 Å². The van der Waals surface area contributed by atoms with Crippen molar-refractivity contribution in [3.05, 3.63) is 28.0 Å². The summed E-state index contributed by atoms with van der Waals surface area (Å²) in [6, 6.07) is 5.93. The Hall–Kier alpha value is -0.800. The maximum absolute atomic E-state index is 6.01. The van der Waals surface area contributed by atoms with E-state index in [1.165, 1.54) is 12.8 Å². The van der Waals surface area contributed by atoms with Crippen LogP contribution in [0.2, 0.25) is 5.02 Å². The highest BCUT2D eigenvalue weighted by Gasteiger charge is 2.45. The van der Waals surface area contributed by atoms with E-state index in [4.69, 9.17) is 23.8 Å². The van der Waals surface area contributed by atoms with Gasteiger partial charge in [-0.3, -0.25) is 0 Å². The van der Waals surface area contributed by atoms with E-state index < -0.39 is 0 Å². The van der Waals surface area contributed by atoms with Crippen LogP contribution in [-0.4, -0.2) is 9.55 Å². The Labute approximate surface area is 117 Å². The number of aromatic nitrogens is 2. The van der Waals surface area contributed by atoms with Crippen molar-refractivity contribution in [3.63, 3.8) is 0 Å². The number of hydrogen-bond acceptors (Lipinski definition) is 1. The van der Waals surface area contributed by atoms with Crippen LogP contribution in [0.1, 0.15) is 26.7 Å². The zero-order chi connectivity index (χ0) is 12.9. The Morgan fingerprint density at radius 2 is 2.17 bits per heavy atom. The van der Waals surface area contributed by atoms with Crippen molar-refractivity contribution in [3.8, 4) is 0 Å². The number of hydrogen-bond donors (Lipinski definition) is 1. The van der Waals surface area contributed by atoms with Gasteiger partial charge in [0.15, 0.2) is 4.77 Å². The quantitative estimate of drug-likeness (QED) is 0.802. The van der Waals surface area contributed by atoms with Gasteiger partial charge in [0.2, 0.25) is 0 Å². The Morgan fingerprint density at radius 3 is 2.78 bits per heavy atom. The third kappa shape index (κ3) is 1.90. The number of rotatable bonds is 3. The van der Waals surface area contributed by atoms with Crippen LogP contribution in [0.15, 0.2) is 18.2 Å². The van der Waals surface area contributed by atoms with Gasteiger partial charge in [-0.15, -0.1) is 0 Å². The molecule has 3 rings (SSSR count). The van der Waals surface area contributed by atoms with Gasteiger partial charge in [-0.2, -0.15) is 0 Å². The third-order valence-electron chi connectivity index (χ3n) is 4.33. The highest BCUT2D eigenvalue weighted by molar-refractivity contribution is 7.71. The van der Waals surface area contributed by atoms with E-state index in [0.29, 0.717) is 11.3 Å². The van der Waals surface area contributed by atoms with Gasteiger partial charge in [0.25, 0.3) is 0 Å². The van der Waals surface area contributed by atoms with E-state index in [2.05, 4.69) is 29.5 Å². The molecule has 2 aromatic rings. The molecule has 96 valence electrons. The van der Waals surface area contributed by atoms with Gasteiger partial charge in [0.1, 0.15) is 0 Å². The molecule has 4 heteroatoms. The van der Waals surface area contributed by atoms with Crippen molar-refractivity contribution < 1.29 is 0 Å². The molecule has 1 saturated carbocycles. The highest BCUT2D eigenvalue weighted by Crippen LogP contribution is 2.53. The molecule has 0 saturated heterocycles. The molecule has 18 heavy (non-hydrogen) atoms. The summed E-state index contributed by atoms with van der Waals surface area (Å²) in [7, 11) is 0. The Balaban J connectivity index is 2.07. The fourth-order valence-corrected chi connectivity index (χ4v) is 3.13. The van der Waals surface area contributed by atoms with Crippen molar-refractivity contribution in [2.24, 2.45) is 11.3 Å². The van der Waals surface area contributed by atoms with Crippen molar-refractivity contribution in [1.82, 2.24) is 9.55 Å². The van der Waals surface area contributed by atoms with Crippen LogP contribution in [0.5, 0.6) is 0 Å². The standard InChI is InChI=1S/C14H17ClN2S/c1-9(2)14(5-6-14)8-17-12-4-3-10(15)7-11(12)16-13(17)18/h3-4,7,9H,5-6,8H2,1-2H3,(H,16,18). The molecular formula is C14H17ClN2S. The zero-order valence-electron chi connectivity index (χ0n) is 10.7. The average molecular weight is 281 g/mol.